The lowest BCUT2D eigenvalue weighted by Gasteiger charge is -2.14. The maximum Gasteiger partial charge on any atom is 0.191 e. The zero-order chi connectivity index (χ0) is 16.8. The smallest absolute Gasteiger partial charge is 0.191 e. The number of aliphatic hydroxyl groups is 1. The number of aliphatic hydroxyl groups excluding tert-OH is 1. The Kier molecular flexibility index (Phi) is 8.26. The molecule has 1 unspecified atom stereocenters. The zero-order valence-electron chi connectivity index (χ0n) is 14.5. The first-order valence-corrected chi connectivity index (χ1v) is 7.75. The molecule has 2 aromatic rings. The number of furan rings is 1. The molecular weight excluding hydrogens is 421 g/mol. The Labute approximate surface area is 159 Å². The van der Waals surface area contributed by atoms with Gasteiger partial charge in [-0.3, -0.25) is 4.68 Å². The van der Waals surface area contributed by atoms with E-state index in [4.69, 9.17) is 4.42 Å². The van der Waals surface area contributed by atoms with Crippen molar-refractivity contribution in [3.8, 4) is 0 Å². The second-order valence-electron chi connectivity index (χ2n) is 5.38. The molecule has 0 bridgehead atoms. The van der Waals surface area contributed by atoms with Crippen molar-refractivity contribution in [2.24, 2.45) is 12.0 Å². The molecule has 7 nitrogen and oxygen atoms in total. The summed E-state index contributed by atoms with van der Waals surface area (Å²) >= 11 is 0. The molecule has 0 aliphatic carbocycles. The fourth-order valence-corrected chi connectivity index (χ4v) is 2.32. The Morgan fingerprint density at radius 2 is 2.17 bits per heavy atom. The molecule has 134 valence electrons. The van der Waals surface area contributed by atoms with Crippen LogP contribution in [0.3, 0.4) is 0 Å². The van der Waals surface area contributed by atoms with Gasteiger partial charge < -0.3 is 20.2 Å². The number of aliphatic imine (C=N–C) groups is 1. The number of hydrogen-bond donors (Lipinski definition) is 3. The molecule has 0 saturated heterocycles. The zero-order valence-corrected chi connectivity index (χ0v) is 16.9. The highest BCUT2D eigenvalue weighted by atomic mass is 127. The monoisotopic (exact) mass is 447 g/mol. The van der Waals surface area contributed by atoms with Gasteiger partial charge >= 0.3 is 0 Å². The number of halogens is 1. The first kappa shape index (κ1) is 20.5. The third-order valence-corrected chi connectivity index (χ3v) is 3.73. The molecule has 8 heteroatoms. The van der Waals surface area contributed by atoms with Gasteiger partial charge in [0.05, 0.1) is 25.0 Å². The number of rotatable bonds is 6. The SMILES string of the molecule is CCNC(=NCc1c(C)nn(C)c1C)NCC(O)c1ccco1.I. The van der Waals surface area contributed by atoms with E-state index >= 15 is 0 Å². The van der Waals surface area contributed by atoms with E-state index in [1.807, 2.05) is 32.5 Å². The third kappa shape index (κ3) is 5.23. The van der Waals surface area contributed by atoms with Crippen molar-refractivity contribution in [2.75, 3.05) is 13.1 Å². The standard InChI is InChI=1S/C16H25N5O2.HI/c1-5-17-16(19-10-14(22)15-7-6-8-23-15)18-9-13-11(2)20-21(4)12(13)3;/h6-8,14,22H,5,9-10H2,1-4H3,(H2,17,18,19);1H. The number of hydrogen-bond acceptors (Lipinski definition) is 4. The maximum atomic E-state index is 10.1. The Morgan fingerprint density at radius 3 is 2.71 bits per heavy atom. The first-order chi connectivity index (χ1) is 11.0. The summed E-state index contributed by atoms with van der Waals surface area (Å²) in [5.41, 5.74) is 3.22. The van der Waals surface area contributed by atoms with Crippen LogP contribution in [0.15, 0.2) is 27.8 Å². The number of nitrogens with zero attached hydrogens (tertiary/aromatic N) is 3. The summed E-state index contributed by atoms with van der Waals surface area (Å²) in [6, 6.07) is 3.50. The van der Waals surface area contributed by atoms with Gasteiger partial charge in [-0.25, -0.2) is 4.99 Å². The van der Waals surface area contributed by atoms with Crippen molar-refractivity contribution in [3.63, 3.8) is 0 Å². The second-order valence-corrected chi connectivity index (χ2v) is 5.38. The lowest BCUT2D eigenvalue weighted by Crippen LogP contribution is -2.39. The molecule has 1 atom stereocenters. The lowest BCUT2D eigenvalue weighted by molar-refractivity contribution is 0.153. The topological polar surface area (TPSA) is 87.6 Å². The van der Waals surface area contributed by atoms with E-state index < -0.39 is 6.10 Å². The Balaban J connectivity index is 0.00000288. The molecule has 0 amide bonds. The minimum Gasteiger partial charge on any atom is -0.467 e. The highest BCUT2D eigenvalue weighted by Crippen LogP contribution is 2.13. The predicted octanol–water partition coefficient (Wildman–Crippen LogP) is 2.04. The van der Waals surface area contributed by atoms with Gasteiger partial charge in [0.2, 0.25) is 0 Å². The van der Waals surface area contributed by atoms with Crippen molar-refractivity contribution >= 4 is 29.9 Å². The average Bonchev–Trinajstić information content (AvgIpc) is 3.13. The van der Waals surface area contributed by atoms with Gasteiger partial charge in [-0.2, -0.15) is 5.10 Å². The predicted molar refractivity (Wildman–Crippen MR) is 105 cm³/mol. The fourth-order valence-electron chi connectivity index (χ4n) is 2.32. The Bertz CT molecular complexity index is 652. The molecule has 2 rings (SSSR count). The summed E-state index contributed by atoms with van der Waals surface area (Å²) in [7, 11) is 1.93. The molecule has 3 N–H and O–H groups in total. The van der Waals surface area contributed by atoms with Crippen LogP contribution in [0.1, 0.15) is 35.7 Å². The third-order valence-electron chi connectivity index (χ3n) is 3.73. The second kappa shape index (κ2) is 9.67. The highest BCUT2D eigenvalue weighted by molar-refractivity contribution is 14.0. The maximum absolute atomic E-state index is 10.1. The van der Waals surface area contributed by atoms with Crippen LogP contribution in [0.2, 0.25) is 0 Å². The van der Waals surface area contributed by atoms with Crippen molar-refractivity contribution in [1.82, 2.24) is 20.4 Å². The van der Waals surface area contributed by atoms with Crippen LogP contribution >= 0.6 is 24.0 Å². The molecule has 0 saturated carbocycles. The van der Waals surface area contributed by atoms with Crippen LogP contribution in [0, 0.1) is 13.8 Å². The van der Waals surface area contributed by atoms with E-state index in [2.05, 4.69) is 20.7 Å². The minimum absolute atomic E-state index is 0. The molecular formula is C16H26IN5O2. The lowest BCUT2D eigenvalue weighted by atomic mass is 10.2. The molecule has 0 spiro atoms. The van der Waals surface area contributed by atoms with Crippen molar-refractivity contribution < 1.29 is 9.52 Å². The summed E-state index contributed by atoms with van der Waals surface area (Å²) < 4.78 is 7.05. The molecule has 0 fully saturated rings. The average molecular weight is 447 g/mol. The summed E-state index contributed by atoms with van der Waals surface area (Å²) in [5, 5.41) is 20.7. The van der Waals surface area contributed by atoms with Crippen LogP contribution in [-0.2, 0) is 13.6 Å². The van der Waals surface area contributed by atoms with Crippen LogP contribution in [0.25, 0.3) is 0 Å². The van der Waals surface area contributed by atoms with E-state index in [1.54, 1.807) is 18.4 Å². The molecule has 24 heavy (non-hydrogen) atoms. The van der Waals surface area contributed by atoms with Crippen LogP contribution in [-0.4, -0.2) is 33.9 Å². The van der Waals surface area contributed by atoms with Crippen molar-refractivity contribution in [3.05, 3.63) is 41.1 Å². The fraction of sp³-hybridized carbons (Fsp3) is 0.500. The first-order valence-electron chi connectivity index (χ1n) is 7.75. The largest absolute Gasteiger partial charge is 0.467 e. The van der Waals surface area contributed by atoms with E-state index in [0.717, 1.165) is 23.5 Å². The quantitative estimate of drug-likeness (QED) is 0.359. The van der Waals surface area contributed by atoms with Crippen LogP contribution in [0.5, 0.6) is 0 Å². The summed E-state index contributed by atoms with van der Waals surface area (Å²) in [4.78, 5) is 4.57. The Morgan fingerprint density at radius 1 is 1.42 bits per heavy atom. The molecule has 0 aliphatic rings. The molecule has 2 aromatic heterocycles. The van der Waals surface area contributed by atoms with E-state index in [1.165, 1.54) is 0 Å². The molecule has 0 aliphatic heterocycles. The van der Waals surface area contributed by atoms with Crippen molar-refractivity contribution in [1.29, 1.82) is 0 Å². The normalized spacial score (nSPS) is 12.6. The highest BCUT2D eigenvalue weighted by Gasteiger charge is 2.12. The van der Waals surface area contributed by atoms with Gasteiger partial charge in [0.15, 0.2) is 5.96 Å². The van der Waals surface area contributed by atoms with Gasteiger partial charge in [0.25, 0.3) is 0 Å². The molecule has 2 heterocycles. The van der Waals surface area contributed by atoms with Gasteiger partial charge in [-0.05, 0) is 32.9 Å². The van der Waals surface area contributed by atoms with Gasteiger partial charge in [0, 0.05) is 24.8 Å². The van der Waals surface area contributed by atoms with Gasteiger partial charge in [0.1, 0.15) is 11.9 Å². The number of aromatic nitrogens is 2. The summed E-state index contributed by atoms with van der Waals surface area (Å²) in [6.07, 6.45) is 0.835. The van der Waals surface area contributed by atoms with E-state index in [0.29, 0.717) is 24.8 Å². The Hall–Kier alpha value is -1.55. The van der Waals surface area contributed by atoms with Gasteiger partial charge in [-0.1, -0.05) is 0 Å². The van der Waals surface area contributed by atoms with Crippen molar-refractivity contribution in [2.45, 2.75) is 33.4 Å². The number of aryl methyl sites for hydroxylation is 2. The number of guanidine groups is 1. The number of nitrogens with one attached hydrogen (secondary N) is 2. The minimum atomic E-state index is -0.712. The van der Waals surface area contributed by atoms with E-state index in [-0.39, 0.29) is 24.0 Å². The summed E-state index contributed by atoms with van der Waals surface area (Å²) in [5.74, 6) is 1.19. The van der Waals surface area contributed by atoms with E-state index in [9.17, 15) is 5.11 Å². The molecule has 0 aromatic carbocycles. The van der Waals surface area contributed by atoms with Crippen LogP contribution < -0.4 is 10.6 Å². The van der Waals surface area contributed by atoms with Crippen LogP contribution in [0.4, 0.5) is 0 Å². The molecule has 0 radical (unpaired) electrons. The summed E-state index contributed by atoms with van der Waals surface area (Å²) in [6.45, 7) is 7.63. The van der Waals surface area contributed by atoms with Gasteiger partial charge in [-0.15, -0.1) is 24.0 Å².